The van der Waals surface area contributed by atoms with Gasteiger partial charge in [-0.2, -0.15) is 0 Å². The molecule has 0 atom stereocenters. The SMILES string of the molecule is C=N/C(=C\C=C(/C)CN1CCN(CC)CC1)Nc1ncc2c(n1)-c1c(nc(CC)n1C(C)C)C2. The van der Waals surface area contributed by atoms with Gasteiger partial charge < -0.3 is 14.8 Å². The Morgan fingerprint density at radius 1 is 1.15 bits per heavy atom. The highest BCUT2D eigenvalue weighted by Crippen LogP contribution is 2.37. The lowest BCUT2D eigenvalue weighted by Gasteiger charge is -2.34. The van der Waals surface area contributed by atoms with Crippen molar-refractivity contribution in [2.24, 2.45) is 4.99 Å². The molecule has 0 radical (unpaired) electrons. The average Bonchev–Trinajstić information content (AvgIpc) is 3.37. The fourth-order valence-corrected chi connectivity index (χ4v) is 4.83. The molecule has 0 aromatic carbocycles. The first-order chi connectivity index (χ1) is 16.4. The van der Waals surface area contributed by atoms with E-state index in [2.05, 4.69) is 77.1 Å². The second-order valence-corrected chi connectivity index (χ2v) is 9.44. The molecule has 2 aromatic heterocycles. The monoisotopic (exact) mass is 462 g/mol. The number of hydrogen-bond acceptors (Lipinski definition) is 7. The molecule has 0 bridgehead atoms. The molecular weight excluding hydrogens is 424 g/mol. The Morgan fingerprint density at radius 2 is 1.88 bits per heavy atom. The zero-order chi connectivity index (χ0) is 24.2. The molecule has 0 unspecified atom stereocenters. The molecule has 8 nitrogen and oxygen atoms in total. The van der Waals surface area contributed by atoms with Crippen LogP contribution in [0.4, 0.5) is 5.95 Å². The van der Waals surface area contributed by atoms with Crippen LogP contribution >= 0.6 is 0 Å². The molecule has 0 amide bonds. The van der Waals surface area contributed by atoms with Crippen molar-refractivity contribution in [3.05, 3.63) is 46.8 Å². The average molecular weight is 463 g/mol. The zero-order valence-corrected chi connectivity index (χ0v) is 21.3. The summed E-state index contributed by atoms with van der Waals surface area (Å²) in [4.78, 5) is 23.4. The lowest BCUT2D eigenvalue weighted by Crippen LogP contribution is -2.46. The van der Waals surface area contributed by atoms with E-state index in [1.165, 1.54) is 5.57 Å². The van der Waals surface area contributed by atoms with Crippen LogP contribution in [0.25, 0.3) is 11.4 Å². The molecule has 182 valence electrons. The summed E-state index contributed by atoms with van der Waals surface area (Å²) in [7, 11) is 0. The van der Waals surface area contributed by atoms with Gasteiger partial charge >= 0.3 is 0 Å². The molecule has 0 saturated carbocycles. The van der Waals surface area contributed by atoms with Crippen LogP contribution in [0.5, 0.6) is 0 Å². The highest BCUT2D eigenvalue weighted by atomic mass is 15.3. The summed E-state index contributed by atoms with van der Waals surface area (Å²) in [5.41, 5.74) is 5.61. The molecule has 1 aliphatic carbocycles. The summed E-state index contributed by atoms with van der Waals surface area (Å²) in [6.07, 6.45) is 7.66. The van der Waals surface area contributed by atoms with Gasteiger partial charge in [0.2, 0.25) is 5.95 Å². The van der Waals surface area contributed by atoms with Gasteiger partial charge in [0, 0.05) is 63.4 Å². The van der Waals surface area contributed by atoms with E-state index in [-0.39, 0.29) is 0 Å². The van der Waals surface area contributed by atoms with Crippen LogP contribution in [-0.2, 0) is 12.8 Å². The lowest BCUT2D eigenvalue weighted by atomic mass is 10.2. The summed E-state index contributed by atoms with van der Waals surface area (Å²) in [6.45, 7) is 21.3. The summed E-state index contributed by atoms with van der Waals surface area (Å²) >= 11 is 0. The van der Waals surface area contributed by atoms with E-state index in [9.17, 15) is 0 Å². The molecule has 2 aliphatic rings. The highest BCUT2D eigenvalue weighted by Gasteiger charge is 2.29. The number of hydrogen-bond donors (Lipinski definition) is 1. The van der Waals surface area contributed by atoms with E-state index in [4.69, 9.17) is 9.97 Å². The van der Waals surface area contributed by atoms with Crippen molar-refractivity contribution in [3.63, 3.8) is 0 Å². The smallest absolute Gasteiger partial charge is 0.228 e. The number of fused-ring (bicyclic) bond motifs is 3. The third-order valence-corrected chi connectivity index (χ3v) is 6.66. The standard InChI is InChI=1S/C26H38N8/c1-7-23-29-21-15-20-16-28-26(31-24(20)25(21)34(23)18(3)4)30-22(27-6)10-9-19(5)17-33-13-11-32(8-2)12-14-33/h9-10,16,18H,6-8,11-15,17H2,1-5H3,(H,28,30,31)/b19-9+,22-10+. The number of aromatic nitrogens is 4. The molecule has 1 saturated heterocycles. The number of anilines is 1. The van der Waals surface area contributed by atoms with Crippen LogP contribution in [-0.4, -0.2) is 75.3 Å². The van der Waals surface area contributed by atoms with E-state index in [1.54, 1.807) is 0 Å². The Kier molecular flexibility index (Phi) is 7.58. The van der Waals surface area contributed by atoms with Gasteiger partial charge in [-0.1, -0.05) is 25.5 Å². The summed E-state index contributed by atoms with van der Waals surface area (Å²) < 4.78 is 2.31. The van der Waals surface area contributed by atoms with Crippen LogP contribution in [0.3, 0.4) is 0 Å². The summed E-state index contributed by atoms with van der Waals surface area (Å²) in [5.74, 6) is 2.28. The first kappa shape index (κ1) is 24.3. The molecular formula is C26H38N8. The number of nitrogens with zero attached hydrogens (tertiary/aromatic N) is 7. The minimum atomic E-state index is 0.326. The fourth-order valence-electron chi connectivity index (χ4n) is 4.83. The molecule has 1 aliphatic heterocycles. The van der Waals surface area contributed by atoms with E-state index in [0.29, 0.717) is 17.8 Å². The van der Waals surface area contributed by atoms with Crippen LogP contribution in [0, 0.1) is 0 Å². The second kappa shape index (κ2) is 10.6. The van der Waals surface area contributed by atoms with Crippen LogP contribution < -0.4 is 5.32 Å². The van der Waals surface area contributed by atoms with Gasteiger partial charge in [0.05, 0.1) is 17.1 Å². The van der Waals surface area contributed by atoms with E-state index in [0.717, 1.165) is 80.6 Å². The number of allylic oxidation sites excluding steroid dienone is 2. The van der Waals surface area contributed by atoms with Crippen molar-refractivity contribution in [3.8, 4) is 11.4 Å². The third kappa shape index (κ3) is 5.13. The van der Waals surface area contributed by atoms with Crippen molar-refractivity contribution in [2.45, 2.75) is 53.5 Å². The second-order valence-electron chi connectivity index (χ2n) is 9.44. The Morgan fingerprint density at radius 3 is 2.53 bits per heavy atom. The molecule has 4 rings (SSSR count). The topological polar surface area (TPSA) is 74.5 Å². The number of rotatable bonds is 9. The predicted octanol–water partition coefficient (Wildman–Crippen LogP) is 3.93. The largest absolute Gasteiger partial charge is 0.324 e. The van der Waals surface area contributed by atoms with Crippen LogP contribution in [0.1, 0.15) is 57.7 Å². The van der Waals surface area contributed by atoms with Crippen molar-refractivity contribution < 1.29 is 0 Å². The summed E-state index contributed by atoms with van der Waals surface area (Å²) in [5, 5.41) is 3.25. The van der Waals surface area contributed by atoms with Gasteiger partial charge in [-0.25, -0.2) is 19.9 Å². The lowest BCUT2D eigenvalue weighted by molar-refractivity contribution is 0.146. The number of nitrogens with one attached hydrogen (secondary N) is 1. The van der Waals surface area contributed by atoms with Crippen LogP contribution in [0.2, 0.25) is 0 Å². The normalized spacial score (nSPS) is 17.2. The van der Waals surface area contributed by atoms with Gasteiger partial charge in [-0.15, -0.1) is 0 Å². The van der Waals surface area contributed by atoms with Gasteiger partial charge in [0.25, 0.3) is 0 Å². The Labute approximate surface area is 203 Å². The van der Waals surface area contributed by atoms with Crippen molar-refractivity contribution >= 4 is 12.7 Å². The first-order valence-electron chi connectivity index (χ1n) is 12.5. The highest BCUT2D eigenvalue weighted by molar-refractivity contribution is 5.70. The third-order valence-electron chi connectivity index (χ3n) is 6.66. The molecule has 1 N–H and O–H groups in total. The quantitative estimate of drug-likeness (QED) is 0.384. The predicted molar refractivity (Wildman–Crippen MR) is 139 cm³/mol. The Balaban J connectivity index is 1.48. The maximum Gasteiger partial charge on any atom is 0.228 e. The molecule has 3 heterocycles. The molecule has 1 fully saturated rings. The van der Waals surface area contributed by atoms with Crippen molar-refractivity contribution in [1.29, 1.82) is 0 Å². The fraction of sp³-hybridized carbons (Fsp3) is 0.538. The molecule has 8 heteroatoms. The molecule has 34 heavy (non-hydrogen) atoms. The van der Waals surface area contributed by atoms with E-state index in [1.807, 2.05) is 12.3 Å². The van der Waals surface area contributed by atoms with Gasteiger partial charge in [-0.3, -0.25) is 4.90 Å². The number of piperazine rings is 1. The van der Waals surface area contributed by atoms with Crippen LogP contribution in [0.15, 0.2) is 34.7 Å². The van der Waals surface area contributed by atoms with Gasteiger partial charge in [0.15, 0.2) is 0 Å². The van der Waals surface area contributed by atoms with Gasteiger partial charge in [0.1, 0.15) is 11.6 Å². The number of aryl methyl sites for hydroxylation is 1. The zero-order valence-electron chi connectivity index (χ0n) is 21.3. The minimum Gasteiger partial charge on any atom is -0.324 e. The van der Waals surface area contributed by atoms with E-state index >= 15 is 0 Å². The summed E-state index contributed by atoms with van der Waals surface area (Å²) in [6, 6.07) is 0.326. The molecule has 2 aromatic rings. The Bertz CT molecular complexity index is 1090. The maximum atomic E-state index is 4.88. The number of imidazole rings is 1. The van der Waals surface area contributed by atoms with Gasteiger partial charge in [-0.05, 0) is 40.1 Å². The number of likely N-dealkylation sites (N-methyl/N-ethyl adjacent to an activating group) is 1. The molecule has 0 spiro atoms. The first-order valence-corrected chi connectivity index (χ1v) is 12.5. The minimum absolute atomic E-state index is 0.326. The van der Waals surface area contributed by atoms with Crippen molar-refractivity contribution in [1.82, 2.24) is 29.3 Å². The number of aliphatic imine (C=N–C) groups is 1. The van der Waals surface area contributed by atoms with Crippen molar-refractivity contribution in [2.75, 3.05) is 44.6 Å². The maximum absolute atomic E-state index is 4.88. The Hall–Kier alpha value is -2.84. The van der Waals surface area contributed by atoms with E-state index < -0.39 is 0 Å².